The van der Waals surface area contributed by atoms with E-state index in [0.29, 0.717) is 10.6 Å². The molecule has 1 heterocycles. The highest BCUT2D eigenvalue weighted by Crippen LogP contribution is 2.25. The van der Waals surface area contributed by atoms with Crippen LogP contribution in [0.1, 0.15) is 16.7 Å². The first-order valence-electron chi connectivity index (χ1n) is 5.07. The Hall–Kier alpha value is -1.32. The van der Waals surface area contributed by atoms with E-state index in [1.807, 2.05) is 26.0 Å². The lowest BCUT2D eigenvalue weighted by Crippen LogP contribution is -2.18. The van der Waals surface area contributed by atoms with Gasteiger partial charge in [0, 0.05) is 22.5 Å². The van der Waals surface area contributed by atoms with Crippen LogP contribution in [0.3, 0.4) is 0 Å². The first kappa shape index (κ1) is 11.2. The maximum Gasteiger partial charge on any atom is 0.253 e. The third-order valence-corrected chi connectivity index (χ3v) is 3.38. The van der Waals surface area contributed by atoms with Crippen LogP contribution in [0.2, 0.25) is 5.02 Å². The Labute approximate surface area is 98.2 Å². The Kier molecular flexibility index (Phi) is 2.74. The van der Waals surface area contributed by atoms with Gasteiger partial charge in [-0.3, -0.25) is 4.79 Å². The maximum atomic E-state index is 11.8. The molecule has 1 aromatic carbocycles. The van der Waals surface area contributed by atoms with E-state index in [4.69, 9.17) is 17.3 Å². The number of aromatic nitrogens is 1. The molecule has 0 aliphatic rings. The van der Waals surface area contributed by atoms with Crippen LogP contribution in [-0.2, 0) is 6.54 Å². The van der Waals surface area contributed by atoms with E-state index < -0.39 is 0 Å². The van der Waals surface area contributed by atoms with Crippen molar-refractivity contribution in [2.24, 2.45) is 5.73 Å². The largest absolute Gasteiger partial charge is 0.326 e. The van der Waals surface area contributed by atoms with Crippen molar-refractivity contribution in [3.8, 4) is 0 Å². The molecule has 0 aliphatic heterocycles. The summed E-state index contributed by atoms with van der Waals surface area (Å²) in [5, 5.41) is 1.66. The second-order valence-corrected chi connectivity index (χ2v) is 4.26. The van der Waals surface area contributed by atoms with Gasteiger partial charge in [-0.2, -0.15) is 0 Å². The number of hydrogen-bond acceptors (Lipinski definition) is 2. The van der Waals surface area contributed by atoms with Crippen molar-refractivity contribution in [2.75, 3.05) is 0 Å². The molecule has 4 heteroatoms. The topological polar surface area (TPSA) is 58.9 Å². The fourth-order valence-corrected chi connectivity index (χ4v) is 2.08. The van der Waals surface area contributed by atoms with Crippen LogP contribution in [-0.4, -0.2) is 4.98 Å². The summed E-state index contributed by atoms with van der Waals surface area (Å²) in [6.07, 6.45) is 0. The lowest BCUT2D eigenvalue weighted by Gasteiger charge is -2.09. The molecule has 0 saturated carbocycles. The van der Waals surface area contributed by atoms with Crippen molar-refractivity contribution >= 4 is 22.5 Å². The van der Waals surface area contributed by atoms with Crippen LogP contribution in [0.5, 0.6) is 0 Å². The highest BCUT2D eigenvalue weighted by molar-refractivity contribution is 6.32. The second-order valence-electron chi connectivity index (χ2n) is 3.86. The van der Waals surface area contributed by atoms with E-state index in [1.165, 1.54) is 0 Å². The predicted molar refractivity (Wildman–Crippen MR) is 66.9 cm³/mol. The average Bonchev–Trinajstić information content (AvgIpc) is 2.25. The van der Waals surface area contributed by atoms with Gasteiger partial charge in [-0.1, -0.05) is 17.7 Å². The maximum absolute atomic E-state index is 11.8. The third-order valence-electron chi connectivity index (χ3n) is 2.97. The SMILES string of the molecule is Cc1c(CN)c(=O)[nH]c2c(C)c(Cl)ccc12. The lowest BCUT2D eigenvalue weighted by molar-refractivity contribution is 1.01. The molecule has 0 spiro atoms. The molecule has 3 nitrogen and oxygen atoms in total. The Morgan fingerprint density at radius 2 is 2.00 bits per heavy atom. The van der Waals surface area contributed by atoms with Crippen LogP contribution in [0.15, 0.2) is 16.9 Å². The molecule has 0 radical (unpaired) electrons. The van der Waals surface area contributed by atoms with Crippen LogP contribution in [0.25, 0.3) is 10.9 Å². The van der Waals surface area contributed by atoms with Gasteiger partial charge >= 0.3 is 0 Å². The quantitative estimate of drug-likeness (QED) is 0.798. The number of aryl methyl sites for hydroxylation is 2. The Morgan fingerprint density at radius 3 is 2.62 bits per heavy atom. The summed E-state index contributed by atoms with van der Waals surface area (Å²) in [4.78, 5) is 14.6. The fourth-order valence-electron chi connectivity index (χ4n) is 1.93. The normalized spacial score (nSPS) is 11.0. The zero-order chi connectivity index (χ0) is 11.9. The molecule has 16 heavy (non-hydrogen) atoms. The number of pyridine rings is 1. The zero-order valence-corrected chi connectivity index (χ0v) is 9.98. The Balaban J connectivity index is 2.98. The van der Waals surface area contributed by atoms with Gasteiger partial charge in [0.05, 0.1) is 5.52 Å². The van der Waals surface area contributed by atoms with Crippen LogP contribution in [0.4, 0.5) is 0 Å². The standard InChI is InChI=1S/C12H13ClN2O/c1-6-8-3-4-10(13)7(2)11(8)15-12(16)9(6)5-14/h3-4H,5,14H2,1-2H3,(H,15,16). The van der Waals surface area contributed by atoms with Gasteiger partial charge in [-0.15, -0.1) is 0 Å². The molecule has 0 bridgehead atoms. The van der Waals surface area contributed by atoms with Gasteiger partial charge in [0.25, 0.3) is 5.56 Å². The van der Waals surface area contributed by atoms with E-state index in [0.717, 1.165) is 22.0 Å². The third kappa shape index (κ3) is 1.52. The van der Waals surface area contributed by atoms with Crippen molar-refractivity contribution in [3.05, 3.63) is 44.2 Å². The summed E-state index contributed by atoms with van der Waals surface area (Å²) in [7, 11) is 0. The molecule has 2 aromatic rings. The van der Waals surface area contributed by atoms with E-state index in [-0.39, 0.29) is 12.1 Å². The Bertz CT molecular complexity index is 616. The van der Waals surface area contributed by atoms with Crippen LogP contribution >= 0.6 is 11.6 Å². The molecular formula is C12H13ClN2O. The smallest absolute Gasteiger partial charge is 0.253 e. The van der Waals surface area contributed by atoms with Crippen molar-refractivity contribution in [1.82, 2.24) is 4.98 Å². The number of aromatic amines is 1. The molecule has 0 aliphatic carbocycles. The van der Waals surface area contributed by atoms with E-state index in [2.05, 4.69) is 4.98 Å². The van der Waals surface area contributed by atoms with Gasteiger partial charge in [-0.25, -0.2) is 0 Å². The molecule has 3 N–H and O–H groups in total. The first-order chi connectivity index (χ1) is 7.56. The minimum absolute atomic E-state index is 0.127. The highest BCUT2D eigenvalue weighted by atomic mass is 35.5. The molecule has 0 saturated heterocycles. The number of hydrogen-bond donors (Lipinski definition) is 2. The summed E-state index contributed by atoms with van der Waals surface area (Å²) in [5.41, 5.74) is 8.69. The molecule has 1 aromatic heterocycles. The van der Waals surface area contributed by atoms with Crippen molar-refractivity contribution in [1.29, 1.82) is 0 Å². The van der Waals surface area contributed by atoms with Crippen molar-refractivity contribution in [3.63, 3.8) is 0 Å². The monoisotopic (exact) mass is 236 g/mol. The van der Waals surface area contributed by atoms with Crippen LogP contribution in [0, 0.1) is 13.8 Å². The van der Waals surface area contributed by atoms with Gasteiger partial charge in [0.15, 0.2) is 0 Å². The summed E-state index contributed by atoms with van der Waals surface area (Å²) in [5.74, 6) is 0. The number of fused-ring (bicyclic) bond motifs is 1. The van der Waals surface area contributed by atoms with Crippen molar-refractivity contribution in [2.45, 2.75) is 20.4 Å². The summed E-state index contributed by atoms with van der Waals surface area (Å²) < 4.78 is 0. The summed E-state index contributed by atoms with van der Waals surface area (Å²) >= 11 is 6.02. The summed E-state index contributed by atoms with van der Waals surface area (Å²) in [6, 6.07) is 3.75. The number of H-pyrrole nitrogens is 1. The predicted octanol–water partition coefficient (Wildman–Crippen LogP) is 2.26. The van der Waals surface area contributed by atoms with Gasteiger partial charge in [0.2, 0.25) is 0 Å². The number of nitrogens with one attached hydrogen (secondary N) is 1. The minimum Gasteiger partial charge on any atom is -0.326 e. The van der Waals surface area contributed by atoms with E-state index in [9.17, 15) is 4.79 Å². The van der Waals surface area contributed by atoms with Gasteiger partial charge < -0.3 is 10.7 Å². The van der Waals surface area contributed by atoms with Gasteiger partial charge in [-0.05, 0) is 31.0 Å². The minimum atomic E-state index is -0.127. The summed E-state index contributed by atoms with van der Waals surface area (Å²) in [6.45, 7) is 4.05. The number of halogens is 1. The molecule has 84 valence electrons. The Morgan fingerprint density at radius 1 is 1.31 bits per heavy atom. The first-order valence-corrected chi connectivity index (χ1v) is 5.44. The second kappa shape index (κ2) is 3.92. The van der Waals surface area contributed by atoms with Crippen LogP contribution < -0.4 is 11.3 Å². The van der Waals surface area contributed by atoms with E-state index >= 15 is 0 Å². The van der Waals surface area contributed by atoms with E-state index in [1.54, 1.807) is 0 Å². The highest BCUT2D eigenvalue weighted by Gasteiger charge is 2.10. The number of nitrogens with two attached hydrogens (primary N) is 1. The number of rotatable bonds is 1. The molecule has 0 unspecified atom stereocenters. The molecule has 0 fully saturated rings. The van der Waals surface area contributed by atoms with Gasteiger partial charge in [0.1, 0.15) is 0 Å². The molecular weight excluding hydrogens is 224 g/mol. The molecule has 0 amide bonds. The fraction of sp³-hybridized carbons (Fsp3) is 0.250. The lowest BCUT2D eigenvalue weighted by atomic mass is 10.0. The van der Waals surface area contributed by atoms with Crippen molar-refractivity contribution < 1.29 is 0 Å². The number of benzene rings is 1. The molecule has 0 atom stereocenters. The molecule has 2 rings (SSSR count). The zero-order valence-electron chi connectivity index (χ0n) is 9.23. The average molecular weight is 237 g/mol.